The lowest BCUT2D eigenvalue weighted by Crippen LogP contribution is -2.61. The number of carbonyl (C=O) groups excluding carboxylic acids is 1. The number of hydrogen-bond acceptors (Lipinski definition) is 6. The third-order valence-corrected chi connectivity index (χ3v) is 6.70. The van der Waals surface area contributed by atoms with E-state index in [4.69, 9.17) is 4.55 Å². The minimum Gasteiger partial charge on any atom is -0.378 e. The second kappa shape index (κ2) is 8.24. The van der Waals surface area contributed by atoms with Crippen LogP contribution in [0.4, 0.5) is 26.3 Å². The highest BCUT2D eigenvalue weighted by molar-refractivity contribution is 7.88. The zero-order valence-electron chi connectivity index (χ0n) is 16.2. The van der Waals surface area contributed by atoms with E-state index >= 15 is 0 Å². The monoisotopic (exact) mass is 500 g/mol. The van der Waals surface area contributed by atoms with E-state index in [1.54, 1.807) is 20.8 Å². The average molecular weight is 500 g/mol. The Morgan fingerprint density at radius 1 is 0.935 bits per heavy atom. The molecule has 15 heteroatoms. The van der Waals surface area contributed by atoms with Gasteiger partial charge in [0.1, 0.15) is 11.5 Å². The molecule has 178 valence electrons. The number of alkyl halides is 6. The molecule has 7 nitrogen and oxygen atoms in total. The molecule has 0 radical (unpaired) electrons. The smallest absolute Gasteiger partial charge is 0.378 e. The molecule has 1 N–H and O–H groups in total. The zero-order valence-corrected chi connectivity index (χ0v) is 17.8. The summed E-state index contributed by atoms with van der Waals surface area (Å²) in [4.78, 5) is 12.1. The molecule has 1 aromatic carbocycles. The van der Waals surface area contributed by atoms with Gasteiger partial charge in [-0.05, 0) is 24.1 Å². The van der Waals surface area contributed by atoms with Gasteiger partial charge in [0.15, 0.2) is 0 Å². The first-order valence-electron chi connectivity index (χ1n) is 8.31. The van der Waals surface area contributed by atoms with Gasteiger partial charge in [-0.3, -0.25) is 9.35 Å². The summed E-state index contributed by atoms with van der Waals surface area (Å²) in [5.41, 5.74) is -0.406. The summed E-state index contributed by atoms with van der Waals surface area (Å²) < 4.78 is 137. The Bertz CT molecular complexity index is 1030. The van der Waals surface area contributed by atoms with Crippen molar-refractivity contribution in [2.24, 2.45) is 5.41 Å². The van der Waals surface area contributed by atoms with Gasteiger partial charge < -0.3 is 4.18 Å². The van der Waals surface area contributed by atoms with E-state index in [0.717, 1.165) is 12.1 Å². The van der Waals surface area contributed by atoms with E-state index in [1.165, 1.54) is 0 Å². The Labute approximate surface area is 174 Å². The number of halogens is 6. The van der Waals surface area contributed by atoms with Crippen molar-refractivity contribution in [2.45, 2.75) is 50.0 Å². The van der Waals surface area contributed by atoms with Crippen molar-refractivity contribution in [2.75, 3.05) is 0 Å². The Balaban J connectivity index is 3.18. The van der Waals surface area contributed by atoms with Gasteiger partial charge in [-0.1, -0.05) is 32.9 Å². The van der Waals surface area contributed by atoms with E-state index in [0.29, 0.717) is 18.6 Å². The predicted octanol–water partition coefficient (Wildman–Crippen LogP) is 3.65. The molecule has 0 atom stereocenters. The lowest BCUT2D eigenvalue weighted by molar-refractivity contribution is -0.247. The van der Waals surface area contributed by atoms with Crippen molar-refractivity contribution >= 4 is 26.0 Å². The molecule has 0 spiro atoms. The van der Waals surface area contributed by atoms with Gasteiger partial charge in [0.25, 0.3) is 0 Å². The number of benzene rings is 1. The summed E-state index contributed by atoms with van der Waals surface area (Å²) in [7, 11) is -14.0. The standard InChI is InChI=1S/C16H18F6O7S2/c1-4-13(2,3)12(23)9-10-5-7-11(8-6-10)29-31(27,28)16(21,22)14(17,18)15(19,20)30(24,25)26/h5-8H,4,9H2,1-3H3,(H,24,25,26). The average Bonchev–Trinajstić information content (AvgIpc) is 2.61. The second-order valence-electron chi connectivity index (χ2n) is 7.10. The van der Waals surface area contributed by atoms with Crippen LogP contribution in [0, 0.1) is 5.41 Å². The summed E-state index contributed by atoms with van der Waals surface area (Å²) >= 11 is 0. The molecule has 31 heavy (non-hydrogen) atoms. The molecule has 0 aliphatic heterocycles. The van der Waals surface area contributed by atoms with Crippen LogP contribution in [0.3, 0.4) is 0 Å². The topological polar surface area (TPSA) is 115 Å². The third kappa shape index (κ3) is 4.98. The van der Waals surface area contributed by atoms with Crippen LogP contribution in [0.1, 0.15) is 32.8 Å². The maximum absolute atomic E-state index is 13.7. The van der Waals surface area contributed by atoms with E-state index in [-0.39, 0.29) is 17.8 Å². The highest BCUT2D eigenvalue weighted by atomic mass is 32.2. The molecule has 0 unspecified atom stereocenters. The molecule has 1 aromatic rings. The maximum Gasteiger partial charge on any atom is 0.450 e. The lowest BCUT2D eigenvalue weighted by atomic mass is 9.82. The zero-order chi connectivity index (χ0) is 24.7. The summed E-state index contributed by atoms with van der Waals surface area (Å²) in [6, 6.07) is 3.51. The van der Waals surface area contributed by atoms with E-state index in [2.05, 4.69) is 4.18 Å². The van der Waals surface area contributed by atoms with Crippen molar-refractivity contribution in [1.82, 2.24) is 0 Å². The Morgan fingerprint density at radius 2 is 1.39 bits per heavy atom. The van der Waals surface area contributed by atoms with Crippen molar-refractivity contribution < 1.29 is 56.7 Å². The Kier molecular flexibility index (Phi) is 7.22. The molecule has 0 saturated carbocycles. The fourth-order valence-electron chi connectivity index (χ4n) is 1.95. The summed E-state index contributed by atoms with van der Waals surface area (Å²) in [5.74, 6) is -8.31. The van der Waals surface area contributed by atoms with Crippen LogP contribution in [0.25, 0.3) is 0 Å². The highest BCUT2D eigenvalue weighted by Crippen LogP contribution is 2.50. The SMILES string of the molecule is CCC(C)(C)C(=O)Cc1ccc(OS(=O)(=O)C(F)(F)C(F)(F)C(F)(F)S(=O)(=O)O)cc1. The predicted molar refractivity (Wildman–Crippen MR) is 95.2 cm³/mol. The number of ketones is 1. The molecule has 0 fully saturated rings. The molecule has 0 amide bonds. The molecular formula is C16H18F6O7S2. The van der Waals surface area contributed by atoms with Crippen molar-refractivity contribution in [1.29, 1.82) is 0 Å². The molecule has 0 aromatic heterocycles. The lowest BCUT2D eigenvalue weighted by Gasteiger charge is -2.29. The molecule has 0 bridgehead atoms. The minimum atomic E-state index is -7.12. The number of Topliss-reactive ketones (excluding diaryl/α,β-unsaturated/α-hetero) is 1. The van der Waals surface area contributed by atoms with Gasteiger partial charge in [-0.25, -0.2) is 0 Å². The van der Waals surface area contributed by atoms with Crippen LogP contribution in [0.5, 0.6) is 5.75 Å². The van der Waals surface area contributed by atoms with Crippen molar-refractivity contribution in [3.63, 3.8) is 0 Å². The van der Waals surface area contributed by atoms with Crippen LogP contribution in [-0.2, 0) is 31.5 Å². The van der Waals surface area contributed by atoms with E-state index in [1.807, 2.05) is 0 Å². The number of rotatable bonds is 10. The van der Waals surface area contributed by atoms with Gasteiger partial charge in [-0.2, -0.15) is 43.2 Å². The largest absolute Gasteiger partial charge is 0.450 e. The molecule has 0 saturated heterocycles. The van der Waals surface area contributed by atoms with Crippen LogP contribution in [0.15, 0.2) is 24.3 Å². The van der Waals surface area contributed by atoms with Gasteiger partial charge in [0.2, 0.25) is 0 Å². The fraction of sp³-hybridized carbons (Fsp3) is 0.562. The highest BCUT2D eigenvalue weighted by Gasteiger charge is 2.83. The molecule has 0 aliphatic carbocycles. The molecular weight excluding hydrogens is 482 g/mol. The molecule has 0 aliphatic rings. The first-order chi connectivity index (χ1) is 13.6. The minimum absolute atomic E-state index is 0.136. The molecule has 1 rings (SSSR count). The summed E-state index contributed by atoms with van der Waals surface area (Å²) in [6.07, 6.45) is 0.367. The van der Waals surface area contributed by atoms with Gasteiger partial charge >= 0.3 is 36.7 Å². The first kappa shape index (κ1) is 27.2. The van der Waals surface area contributed by atoms with Crippen molar-refractivity contribution in [3.8, 4) is 5.75 Å². The van der Waals surface area contributed by atoms with E-state index in [9.17, 15) is 48.0 Å². The number of carbonyl (C=O) groups is 1. The first-order valence-corrected chi connectivity index (χ1v) is 11.2. The molecule has 0 heterocycles. The summed E-state index contributed by atoms with van der Waals surface area (Å²) in [6.45, 7) is 5.11. The second-order valence-corrected chi connectivity index (χ2v) is 10.2. The maximum atomic E-state index is 13.7. The number of hydrogen-bond donors (Lipinski definition) is 1. The van der Waals surface area contributed by atoms with Crippen LogP contribution in [0.2, 0.25) is 0 Å². The van der Waals surface area contributed by atoms with Crippen LogP contribution in [-0.4, -0.2) is 43.6 Å². The van der Waals surface area contributed by atoms with Crippen molar-refractivity contribution in [3.05, 3.63) is 29.8 Å². The fourth-order valence-corrected chi connectivity index (χ4v) is 3.38. The third-order valence-electron chi connectivity index (χ3n) is 4.50. The Hall–Kier alpha value is -1.87. The van der Waals surface area contributed by atoms with Crippen LogP contribution >= 0.6 is 0 Å². The normalized spacial score (nSPS) is 14.4. The quantitative estimate of drug-likeness (QED) is 0.296. The Morgan fingerprint density at radius 3 is 1.77 bits per heavy atom. The van der Waals surface area contributed by atoms with Crippen LogP contribution < -0.4 is 4.18 Å². The summed E-state index contributed by atoms with van der Waals surface area (Å²) in [5, 5.41) is -13.6. The van der Waals surface area contributed by atoms with Gasteiger partial charge in [-0.15, -0.1) is 0 Å². The van der Waals surface area contributed by atoms with Gasteiger partial charge in [0, 0.05) is 11.8 Å². The van der Waals surface area contributed by atoms with Gasteiger partial charge in [0.05, 0.1) is 0 Å². The van der Waals surface area contributed by atoms with E-state index < -0.39 is 47.8 Å².